The van der Waals surface area contributed by atoms with E-state index < -0.39 is 0 Å². The highest BCUT2D eigenvalue weighted by Gasteiger charge is 2.11. The van der Waals surface area contributed by atoms with Crippen molar-refractivity contribution in [3.8, 4) is 0 Å². The van der Waals surface area contributed by atoms with Crippen molar-refractivity contribution >= 4 is 16.7 Å². The predicted molar refractivity (Wildman–Crippen MR) is 79.6 cm³/mol. The van der Waals surface area contributed by atoms with Crippen LogP contribution in [0, 0.1) is 6.92 Å². The largest absolute Gasteiger partial charge is 0.382 e. The molecule has 0 aliphatic rings. The molecular formula is C15H16N4O. The molecule has 0 spiro atoms. The van der Waals surface area contributed by atoms with Crippen LogP contribution >= 0.6 is 0 Å². The first-order valence-electron chi connectivity index (χ1n) is 6.55. The first kappa shape index (κ1) is 12.5. The van der Waals surface area contributed by atoms with Gasteiger partial charge in [0.25, 0.3) is 5.56 Å². The van der Waals surface area contributed by atoms with Gasteiger partial charge in [0.15, 0.2) is 5.82 Å². The fourth-order valence-electron chi connectivity index (χ4n) is 2.44. The Hall–Kier alpha value is -2.56. The zero-order valence-electron chi connectivity index (χ0n) is 11.3. The van der Waals surface area contributed by atoms with Gasteiger partial charge in [-0.1, -0.05) is 30.3 Å². The molecule has 0 aliphatic heterocycles. The van der Waals surface area contributed by atoms with Gasteiger partial charge in [0.05, 0.1) is 5.52 Å². The molecule has 0 atom stereocenters. The highest BCUT2D eigenvalue weighted by atomic mass is 16.1. The summed E-state index contributed by atoms with van der Waals surface area (Å²) in [5.74, 6) is 0.262. The molecule has 3 rings (SSSR count). The van der Waals surface area contributed by atoms with Crippen LogP contribution < -0.4 is 11.3 Å². The summed E-state index contributed by atoms with van der Waals surface area (Å²) < 4.78 is 1.75. The molecule has 0 aliphatic carbocycles. The summed E-state index contributed by atoms with van der Waals surface area (Å²) in [7, 11) is 0. The summed E-state index contributed by atoms with van der Waals surface area (Å²) in [5, 5.41) is 7.15. The number of fused-ring (bicyclic) bond motifs is 1. The van der Waals surface area contributed by atoms with Crippen molar-refractivity contribution in [2.75, 3.05) is 5.73 Å². The lowest BCUT2D eigenvalue weighted by Gasteiger charge is -2.10. The summed E-state index contributed by atoms with van der Waals surface area (Å²) in [4.78, 5) is 12.5. The fourth-order valence-corrected chi connectivity index (χ4v) is 2.44. The van der Waals surface area contributed by atoms with Crippen molar-refractivity contribution in [2.24, 2.45) is 0 Å². The van der Waals surface area contributed by atoms with Gasteiger partial charge in [0.2, 0.25) is 0 Å². The number of H-pyrrole nitrogens is 1. The van der Waals surface area contributed by atoms with Gasteiger partial charge in [-0.2, -0.15) is 5.10 Å². The molecule has 3 aromatic rings. The average molecular weight is 268 g/mol. The second-order valence-electron chi connectivity index (χ2n) is 4.88. The van der Waals surface area contributed by atoms with E-state index in [1.165, 1.54) is 5.56 Å². The molecule has 0 bridgehead atoms. The number of pyridine rings is 1. The zero-order valence-corrected chi connectivity index (χ0v) is 11.3. The molecule has 2 heterocycles. The molecule has 1 aromatic carbocycles. The number of nitrogen functional groups attached to an aromatic ring is 1. The molecule has 5 nitrogen and oxygen atoms in total. The third-order valence-corrected chi connectivity index (χ3v) is 3.53. The normalized spacial score (nSPS) is 11.1. The quantitative estimate of drug-likeness (QED) is 0.761. The standard InChI is InChI=1S/C15H16N4O/c1-10-9-12-13(14(16)18-17-12)15(20)19(10)8-7-11-5-3-2-4-6-11/h2-6,9H,7-8H2,1H3,(H3,16,17,18). The molecule has 0 saturated heterocycles. The van der Waals surface area contributed by atoms with Crippen LogP contribution in [0.1, 0.15) is 11.3 Å². The lowest BCUT2D eigenvalue weighted by atomic mass is 10.1. The van der Waals surface area contributed by atoms with Crippen LogP contribution in [0.3, 0.4) is 0 Å². The first-order valence-corrected chi connectivity index (χ1v) is 6.55. The van der Waals surface area contributed by atoms with Crippen LogP contribution in [0.4, 0.5) is 5.82 Å². The lowest BCUT2D eigenvalue weighted by Crippen LogP contribution is -2.23. The summed E-state index contributed by atoms with van der Waals surface area (Å²) in [6.45, 7) is 2.55. The van der Waals surface area contributed by atoms with Crippen LogP contribution in [-0.2, 0) is 13.0 Å². The Bertz CT molecular complexity index is 802. The second-order valence-corrected chi connectivity index (χ2v) is 4.88. The summed E-state index contributed by atoms with van der Waals surface area (Å²) in [6, 6.07) is 12.0. The van der Waals surface area contributed by atoms with E-state index >= 15 is 0 Å². The van der Waals surface area contributed by atoms with Gasteiger partial charge in [-0.15, -0.1) is 0 Å². The molecule has 102 valence electrons. The maximum atomic E-state index is 12.5. The highest BCUT2D eigenvalue weighted by molar-refractivity contribution is 5.87. The molecule has 2 aromatic heterocycles. The SMILES string of the molecule is Cc1cc2[nH]nc(N)c2c(=O)n1CCc1ccccc1. The Morgan fingerprint density at radius 1 is 1.30 bits per heavy atom. The Labute approximate surface area is 116 Å². The van der Waals surface area contributed by atoms with E-state index in [2.05, 4.69) is 22.3 Å². The summed E-state index contributed by atoms with van der Waals surface area (Å²) in [5.41, 5.74) is 8.47. The van der Waals surface area contributed by atoms with Crippen LogP contribution in [0.15, 0.2) is 41.2 Å². The molecule has 5 heteroatoms. The van der Waals surface area contributed by atoms with E-state index in [4.69, 9.17) is 5.73 Å². The number of benzene rings is 1. The van der Waals surface area contributed by atoms with Gasteiger partial charge < -0.3 is 10.3 Å². The Balaban J connectivity index is 1.99. The molecule has 0 saturated carbocycles. The number of anilines is 1. The maximum absolute atomic E-state index is 12.5. The molecule has 20 heavy (non-hydrogen) atoms. The minimum atomic E-state index is -0.0813. The number of aromatic nitrogens is 3. The van der Waals surface area contributed by atoms with Crippen LogP contribution in [0.2, 0.25) is 0 Å². The number of nitrogens with one attached hydrogen (secondary N) is 1. The summed E-state index contributed by atoms with van der Waals surface area (Å²) in [6.07, 6.45) is 0.810. The molecule has 3 N–H and O–H groups in total. The first-order chi connectivity index (χ1) is 9.66. The second kappa shape index (κ2) is 4.85. The van der Waals surface area contributed by atoms with E-state index in [1.807, 2.05) is 31.2 Å². The van der Waals surface area contributed by atoms with Gasteiger partial charge in [-0.25, -0.2) is 0 Å². The number of aryl methyl sites for hydroxylation is 2. The third kappa shape index (κ3) is 2.07. The number of nitrogens with two attached hydrogens (primary N) is 1. The topological polar surface area (TPSA) is 76.7 Å². The molecule has 0 unspecified atom stereocenters. The maximum Gasteiger partial charge on any atom is 0.264 e. The Morgan fingerprint density at radius 2 is 2.05 bits per heavy atom. The number of rotatable bonds is 3. The number of aromatic amines is 1. The van der Waals surface area contributed by atoms with Gasteiger partial charge in [-0.3, -0.25) is 9.89 Å². The fraction of sp³-hybridized carbons (Fsp3) is 0.200. The Morgan fingerprint density at radius 3 is 2.80 bits per heavy atom. The van der Waals surface area contributed by atoms with Crippen molar-refractivity contribution in [1.29, 1.82) is 0 Å². The van der Waals surface area contributed by atoms with E-state index in [0.29, 0.717) is 17.4 Å². The smallest absolute Gasteiger partial charge is 0.264 e. The average Bonchev–Trinajstić information content (AvgIpc) is 2.81. The molecular weight excluding hydrogens is 252 g/mol. The number of hydrogen-bond donors (Lipinski definition) is 2. The lowest BCUT2D eigenvalue weighted by molar-refractivity contribution is 0.655. The van der Waals surface area contributed by atoms with Crippen molar-refractivity contribution in [3.05, 3.63) is 58.0 Å². The van der Waals surface area contributed by atoms with E-state index in [0.717, 1.165) is 12.1 Å². The molecule has 0 amide bonds. The number of hydrogen-bond acceptors (Lipinski definition) is 3. The van der Waals surface area contributed by atoms with Gasteiger partial charge in [0.1, 0.15) is 5.39 Å². The van der Waals surface area contributed by atoms with Crippen molar-refractivity contribution in [3.63, 3.8) is 0 Å². The van der Waals surface area contributed by atoms with Gasteiger partial charge in [-0.05, 0) is 25.0 Å². The third-order valence-electron chi connectivity index (χ3n) is 3.53. The number of nitrogens with zero attached hydrogens (tertiary/aromatic N) is 2. The van der Waals surface area contributed by atoms with Crippen LogP contribution in [0.5, 0.6) is 0 Å². The van der Waals surface area contributed by atoms with Crippen LogP contribution in [-0.4, -0.2) is 14.8 Å². The van der Waals surface area contributed by atoms with E-state index in [1.54, 1.807) is 4.57 Å². The summed E-state index contributed by atoms with van der Waals surface area (Å²) >= 11 is 0. The van der Waals surface area contributed by atoms with Crippen LogP contribution in [0.25, 0.3) is 10.9 Å². The highest BCUT2D eigenvalue weighted by Crippen LogP contribution is 2.14. The van der Waals surface area contributed by atoms with Gasteiger partial charge >= 0.3 is 0 Å². The van der Waals surface area contributed by atoms with Gasteiger partial charge in [0, 0.05) is 12.2 Å². The van der Waals surface area contributed by atoms with E-state index in [-0.39, 0.29) is 11.4 Å². The molecule has 0 radical (unpaired) electrons. The van der Waals surface area contributed by atoms with E-state index in [9.17, 15) is 4.79 Å². The molecule has 0 fully saturated rings. The van der Waals surface area contributed by atoms with Crippen molar-refractivity contribution < 1.29 is 0 Å². The van der Waals surface area contributed by atoms with Crippen molar-refractivity contribution in [2.45, 2.75) is 19.9 Å². The zero-order chi connectivity index (χ0) is 14.1. The monoisotopic (exact) mass is 268 g/mol. The predicted octanol–water partition coefficient (Wildman–Crippen LogP) is 1.86. The minimum absolute atomic E-state index is 0.0813. The van der Waals surface area contributed by atoms with Crippen molar-refractivity contribution in [1.82, 2.24) is 14.8 Å². The Kier molecular flexibility index (Phi) is 3.02. The minimum Gasteiger partial charge on any atom is -0.382 e.